The third-order valence-corrected chi connectivity index (χ3v) is 1.47. The van der Waals surface area contributed by atoms with Gasteiger partial charge in [0.2, 0.25) is 0 Å². The van der Waals surface area contributed by atoms with E-state index in [1.54, 1.807) is 12.1 Å². The van der Waals surface area contributed by atoms with Gasteiger partial charge in [-0.3, -0.25) is 4.79 Å². The molecule has 0 spiro atoms. The SMILES string of the molecule is Cc1ccc(C(=O)NON)cc1. The second-order valence-electron chi connectivity index (χ2n) is 2.42. The number of benzene rings is 1. The number of nitrogens with one attached hydrogen (secondary N) is 1. The number of hydroxylamine groups is 1. The summed E-state index contributed by atoms with van der Waals surface area (Å²) in [5.74, 6) is 4.32. The Bertz CT molecular complexity index is 269. The Morgan fingerprint density at radius 2 is 2.00 bits per heavy atom. The average molecular weight is 166 g/mol. The minimum absolute atomic E-state index is 0.350. The highest BCUT2D eigenvalue weighted by Gasteiger charge is 2.02. The predicted molar refractivity (Wildman–Crippen MR) is 43.9 cm³/mol. The second kappa shape index (κ2) is 3.85. The summed E-state index contributed by atoms with van der Waals surface area (Å²) in [6, 6.07) is 7.07. The number of aryl methyl sites for hydroxylation is 1. The van der Waals surface area contributed by atoms with Crippen molar-refractivity contribution in [2.24, 2.45) is 5.90 Å². The summed E-state index contributed by atoms with van der Waals surface area (Å²) in [5, 5.41) is 0. The summed E-state index contributed by atoms with van der Waals surface area (Å²) in [7, 11) is 0. The maximum atomic E-state index is 11.0. The van der Waals surface area contributed by atoms with Crippen LogP contribution >= 0.6 is 0 Å². The molecule has 1 aromatic rings. The zero-order valence-electron chi connectivity index (χ0n) is 6.70. The van der Waals surface area contributed by atoms with E-state index < -0.39 is 0 Å². The van der Waals surface area contributed by atoms with Gasteiger partial charge in [-0.2, -0.15) is 10.8 Å². The lowest BCUT2D eigenvalue weighted by molar-refractivity contribution is 0.0310. The fraction of sp³-hybridized carbons (Fsp3) is 0.125. The molecule has 64 valence electrons. The number of rotatable bonds is 2. The van der Waals surface area contributed by atoms with E-state index in [2.05, 4.69) is 10.8 Å². The van der Waals surface area contributed by atoms with Gasteiger partial charge in [-0.05, 0) is 19.1 Å². The fourth-order valence-electron chi connectivity index (χ4n) is 0.817. The summed E-state index contributed by atoms with van der Waals surface area (Å²) >= 11 is 0. The van der Waals surface area contributed by atoms with Crippen LogP contribution in [0.15, 0.2) is 24.3 Å². The van der Waals surface area contributed by atoms with Crippen LogP contribution in [0, 0.1) is 6.92 Å². The molecule has 0 saturated carbocycles. The van der Waals surface area contributed by atoms with Crippen LogP contribution in [0.25, 0.3) is 0 Å². The lowest BCUT2D eigenvalue weighted by atomic mass is 10.1. The van der Waals surface area contributed by atoms with Gasteiger partial charge >= 0.3 is 0 Å². The molecule has 1 amide bonds. The Kier molecular flexibility index (Phi) is 2.79. The van der Waals surface area contributed by atoms with Crippen molar-refractivity contribution in [1.29, 1.82) is 0 Å². The lowest BCUT2D eigenvalue weighted by Crippen LogP contribution is -2.26. The highest BCUT2D eigenvalue weighted by atomic mass is 16.8. The zero-order chi connectivity index (χ0) is 8.97. The smallest absolute Gasteiger partial charge is 0.267 e. The first kappa shape index (κ1) is 8.70. The van der Waals surface area contributed by atoms with Gasteiger partial charge in [0.1, 0.15) is 0 Å². The summed E-state index contributed by atoms with van der Waals surface area (Å²) in [5.41, 5.74) is 3.64. The van der Waals surface area contributed by atoms with Gasteiger partial charge in [-0.1, -0.05) is 17.7 Å². The summed E-state index contributed by atoms with van der Waals surface area (Å²) in [4.78, 5) is 15.0. The fourth-order valence-corrected chi connectivity index (χ4v) is 0.817. The monoisotopic (exact) mass is 166 g/mol. The molecule has 0 radical (unpaired) electrons. The first-order valence-corrected chi connectivity index (χ1v) is 3.47. The molecule has 1 rings (SSSR count). The van der Waals surface area contributed by atoms with Crippen molar-refractivity contribution >= 4 is 5.91 Å². The number of nitrogens with two attached hydrogens (primary N) is 1. The van der Waals surface area contributed by atoms with Gasteiger partial charge in [0.15, 0.2) is 0 Å². The lowest BCUT2D eigenvalue weighted by Gasteiger charge is -2.00. The Morgan fingerprint density at radius 1 is 1.42 bits per heavy atom. The normalized spacial score (nSPS) is 9.50. The standard InChI is InChI=1S/C8H10N2O2/c1-6-2-4-7(5-3-6)8(11)10-12-9/h2-5H,9H2,1H3,(H,10,11). The molecule has 12 heavy (non-hydrogen) atoms. The van der Waals surface area contributed by atoms with Crippen LogP contribution in [-0.4, -0.2) is 5.91 Å². The number of carbonyl (C=O) groups is 1. The van der Waals surface area contributed by atoms with E-state index in [0.29, 0.717) is 5.56 Å². The van der Waals surface area contributed by atoms with E-state index in [-0.39, 0.29) is 5.91 Å². The molecule has 0 unspecified atom stereocenters. The molecule has 0 aliphatic heterocycles. The van der Waals surface area contributed by atoms with Crippen molar-refractivity contribution in [3.05, 3.63) is 35.4 Å². The van der Waals surface area contributed by atoms with E-state index in [4.69, 9.17) is 0 Å². The highest BCUT2D eigenvalue weighted by Crippen LogP contribution is 2.02. The van der Waals surface area contributed by atoms with E-state index in [1.165, 1.54) is 0 Å². The quantitative estimate of drug-likeness (QED) is 0.630. The van der Waals surface area contributed by atoms with Crippen LogP contribution in [-0.2, 0) is 4.94 Å². The van der Waals surface area contributed by atoms with Crippen LogP contribution in [0.1, 0.15) is 15.9 Å². The molecule has 4 nitrogen and oxygen atoms in total. The first-order chi connectivity index (χ1) is 5.74. The molecular weight excluding hydrogens is 156 g/mol. The minimum atomic E-state index is -0.350. The average Bonchev–Trinajstić information content (AvgIpc) is 2.06. The molecule has 1 aromatic carbocycles. The first-order valence-electron chi connectivity index (χ1n) is 3.47. The van der Waals surface area contributed by atoms with Crippen molar-refractivity contribution in [3.63, 3.8) is 0 Å². The molecular formula is C8H10N2O2. The maximum Gasteiger partial charge on any atom is 0.276 e. The Balaban J connectivity index is 2.75. The van der Waals surface area contributed by atoms with Crippen LogP contribution in [0.2, 0.25) is 0 Å². The molecule has 0 bridgehead atoms. The maximum absolute atomic E-state index is 11.0. The van der Waals surface area contributed by atoms with Gasteiger partial charge in [-0.25, -0.2) is 5.48 Å². The van der Waals surface area contributed by atoms with Crippen LogP contribution in [0.5, 0.6) is 0 Å². The molecule has 0 aliphatic carbocycles. The molecule has 4 heteroatoms. The molecule has 0 saturated heterocycles. The van der Waals surface area contributed by atoms with Gasteiger partial charge in [0.05, 0.1) is 0 Å². The van der Waals surface area contributed by atoms with E-state index >= 15 is 0 Å². The van der Waals surface area contributed by atoms with Gasteiger partial charge < -0.3 is 0 Å². The van der Waals surface area contributed by atoms with Gasteiger partial charge in [0, 0.05) is 5.56 Å². The number of hydrogen-bond donors (Lipinski definition) is 2. The second-order valence-corrected chi connectivity index (χ2v) is 2.42. The Hall–Kier alpha value is -1.39. The Labute approximate surface area is 70.2 Å². The summed E-state index contributed by atoms with van der Waals surface area (Å²) < 4.78 is 0. The van der Waals surface area contributed by atoms with Crippen LogP contribution < -0.4 is 11.4 Å². The third-order valence-electron chi connectivity index (χ3n) is 1.47. The van der Waals surface area contributed by atoms with Crippen molar-refractivity contribution in [2.45, 2.75) is 6.92 Å². The van der Waals surface area contributed by atoms with E-state index in [9.17, 15) is 4.79 Å². The molecule has 3 N–H and O–H groups in total. The molecule has 0 atom stereocenters. The minimum Gasteiger partial charge on any atom is -0.267 e. The van der Waals surface area contributed by atoms with Gasteiger partial charge in [0.25, 0.3) is 5.91 Å². The van der Waals surface area contributed by atoms with Gasteiger partial charge in [-0.15, -0.1) is 0 Å². The third kappa shape index (κ3) is 2.05. The van der Waals surface area contributed by atoms with Crippen LogP contribution in [0.4, 0.5) is 0 Å². The van der Waals surface area contributed by atoms with Crippen molar-refractivity contribution < 1.29 is 9.73 Å². The van der Waals surface area contributed by atoms with E-state index in [1.807, 2.05) is 24.5 Å². The van der Waals surface area contributed by atoms with Crippen LogP contribution in [0.3, 0.4) is 0 Å². The zero-order valence-corrected chi connectivity index (χ0v) is 6.70. The van der Waals surface area contributed by atoms with Crippen molar-refractivity contribution in [1.82, 2.24) is 5.48 Å². The number of hydrogen-bond acceptors (Lipinski definition) is 3. The largest absolute Gasteiger partial charge is 0.276 e. The van der Waals surface area contributed by atoms with Crippen molar-refractivity contribution in [2.75, 3.05) is 0 Å². The summed E-state index contributed by atoms with van der Waals surface area (Å²) in [6.45, 7) is 1.95. The molecule has 0 aliphatic rings. The molecule has 0 aromatic heterocycles. The topological polar surface area (TPSA) is 64.3 Å². The highest BCUT2D eigenvalue weighted by molar-refractivity contribution is 5.93. The number of carbonyl (C=O) groups excluding carboxylic acids is 1. The number of amides is 1. The predicted octanol–water partition coefficient (Wildman–Crippen LogP) is 0.530. The summed E-state index contributed by atoms with van der Waals surface area (Å²) in [6.07, 6.45) is 0. The van der Waals surface area contributed by atoms with E-state index in [0.717, 1.165) is 5.56 Å². The molecule has 0 fully saturated rings. The Morgan fingerprint density at radius 3 is 2.50 bits per heavy atom. The molecule has 0 heterocycles. The van der Waals surface area contributed by atoms with Crippen molar-refractivity contribution in [3.8, 4) is 0 Å².